The maximum Gasteiger partial charge on any atom is 0.0975 e. The van der Waals surface area contributed by atoms with E-state index in [1.165, 1.54) is 0 Å². The van der Waals surface area contributed by atoms with Crippen molar-refractivity contribution < 1.29 is 0 Å². The summed E-state index contributed by atoms with van der Waals surface area (Å²) in [6, 6.07) is 0.261. The van der Waals surface area contributed by atoms with Crippen molar-refractivity contribution in [2.24, 2.45) is 11.1 Å². The van der Waals surface area contributed by atoms with Gasteiger partial charge in [0, 0.05) is 7.05 Å². The van der Waals surface area contributed by atoms with Gasteiger partial charge in [0.1, 0.15) is 0 Å². The van der Waals surface area contributed by atoms with Gasteiger partial charge in [-0.25, -0.2) is 0 Å². The summed E-state index contributed by atoms with van der Waals surface area (Å²) in [4.78, 5) is 2.09. The van der Waals surface area contributed by atoms with Crippen LogP contribution in [-0.4, -0.2) is 18.0 Å². The molecule has 0 spiro atoms. The van der Waals surface area contributed by atoms with Gasteiger partial charge in [-0.3, -0.25) is 0 Å². The highest BCUT2D eigenvalue weighted by molar-refractivity contribution is 5.09. The first kappa shape index (κ1) is 13.1. The van der Waals surface area contributed by atoms with Crippen LogP contribution in [0.5, 0.6) is 0 Å². The summed E-state index contributed by atoms with van der Waals surface area (Å²) in [6.07, 6.45) is 1.95. The third kappa shape index (κ3) is 3.09. The van der Waals surface area contributed by atoms with Crippen molar-refractivity contribution in [3.8, 4) is 0 Å². The van der Waals surface area contributed by atoms with Crippen LogP contribution in [0.25, 0.3) is 0 Å². The van der Waals surface area contributed by atoms with Crippen molar-refractivity contribution in [2.75, 3.05) is 7.05 Å². The molecule has 0 heterocycles. The molecule has 2 N–H and O–H groups in total. The molecular weight excluding hydrogens is 172 g/mol. The Hall–Kier alpha value is -0.920. The van der Waals surface area contributed by atoms with Crippen LogP contribution in [0.1, 0.15) is 34.6 Å². The first-order valence-corrected chi connectivity index (χ1v) is 5.00. The normalized spacial score (nSPS) is 13.3. The van der Waals surface area contributed by atoms with Crippen LogP contribution in [0.3, 0.4) is 0 Å². The SMILES string of the molecule is C=CC(N(C)C(N)=C(C)C)C(C)(C)C. The van der Waals surface area contributed by atoms with E-state index in [1.54, 1.807) is 0 Å². The zero-order valence-electron chi connectivity index (χ0n) is 10.4. The van der Waals surface area contributed by atoms with Gasteiger partial charge in [0.2, 0.25) is 0 Å². The van der Waals surface area contributed by atoms with E-state index in [1.807, 2.05) is 27.0 Å². The van der Waals surface area contributed by atoms with Crippen LogP contribution in [0.15, 0.2) is 24.0 Å². The molecule has 0 saturated carbocycles. The molecule has 0 aliphatic rings. The number of rotatable bonds is 3. The topological polar surface area (TPSA) is 29.3 Å². The fourth-order valence-electron chi connectivity index (χ4n) is 1.60. The lowest BCUT2D eigenvalue weighted by Gasteiger charge is -2.37. The maximum atomic E-state index is 5.99. The fourth-order valence-corrected chi connectivity index (χ4v) is 1.60. The number of nitrogens with zero attached hydrogens (tertiary/aromatic N) is 1. The molecule has 2 heteroatoms. The van der Waals surface area contributed by atoms with Crippen molar-refractivity contribution in [3.63, 3.8) is 0 Å². The minimum absolute atomic E-state index is 0.149. The van der Waals surface area contributed by atoms with Gasteiger partial charge in [-0.15, -0.1) is 6.58 Å². The minimum atomic E-state index is 0.149. The van der Waals surface area contributed by atoms with Crippen LogP contribution in [-0.2, 0) is 0 Å². The molecule has 14 heavy (non-hydrogen) atoms. The largest absolute Gasteiger partial charge is 0.385 e. The molecule has 0 fully saturated rings. The summed E-state index contributed by atoms with van der Waals surface area (Å²) < 4.78 is 0. The van der Waals surface area contributed by atoms with Crippen LogP contribution < -0.4 is 5.73 Å². The van der Waals surface area contributed by atoms with Crippen molar-refractivity contribution >= 4 is 0 Å². The molecule has 0 aromatic heterocycles. The second-order valence-electron chi connectivity index (χ2n) is 5.04. The van der Waals surface area contributed by atoms with E-state index in [9.17, 15) is 0 Å². The van der Waals surface area contributed by atoms with E-state index in [-0.39, 0.29) is 11.5 Å². The Labute approximate surface area is 88.5 Å². The molecule has 0 amide bonds. The maximum absolute atomic E-state index is 5.99. The minimum Gasteiger partial charge on any atom is -0.385 e. The van der Waals surface area contributed by atoms with Crippen LogP contribution in [0, 0.1) is 5.41 Å². The van der Waals surface area contributed by atoms with Gasteiger partial charge in [-0.1, -0.05) is 26.8 Å². The van der Waals surface area contributed by atoms with E-state index >= 15 is 0 Å². The van der Waals surface area contributed by atoms with E-state index in [4.69, 9.17) is 5.73 Å². The molecule has 82 valence electrons. The van der Waals surface area contributed by atoms with Crippen molar-refractivity contribution in [3.05, 3.63) is 24.0 Å². The summed E-state index contributed by atoms with van der Waals surface area (Å²) in [7, 11) is 2.01. The number of hydrogen-bond acceptors (Lipinski definition) is 2. The Morgan fingerprint density at radius 3 is 2.00 bits per heavy atom. The van der Waals surface area contributed by atoms with E-state index < -0.39 is 0 Å². The molecule has 0 aromatic rings. The molecular formula is C12H24N2. The molecule has 0 rings (SSSR count). The highest BCUT2D eigenvalue weighted by Crippen LogP contribution is 2.26. The quantitative estimate of drug-likeness (QED) is 0.703. The Bertz CT molecular complexity index is 229. The smallest absolute Gasteiger partial charge is 0.0975 e. The standard InChI is InChI=1S/C12H24N2/c1-8-10(12(4,5)6)14(7)11(13)9(2)3/h8,10H,1,13H2,2-7H3. The van der Waals surface area contributed by atoms with Gasteiger partial charge in [-0.2, -0.15) is 0 Å². The Morgan fingerprint density at radius 2 is 1.79 bits per heavy atom. The molecule has 0 aromatic carbocycles. The first-order chi connectivity index (χ1) is 6.21. The predicted octanol–water partition coefficient (Wildman–Crippen LogP) is 2.73. The van der Waals surface area contributed by atoms with Crippen LogP contribution >= 0.6 is 0 Å². The third-order valence-electron chi connectivity index (χ3n) is 2.42. The molecule has 0 radical (unpaired) electrons. The summed E-state index contributed by atoms with van der Waals surface area (Å²) in [5, 5.41) is 0. The molecule has 0 bridgehead atoms. The molecule has 0 saturated heterocycles. The molecule has 0 aliphatic heterocycles. The fraction of sp³-hybridized carbons (Fsp3) is 0.667. The molecule has 2 nitrogen and oxygen atoms in total. The first-order valence-electron chi connectivity index (χ1n) is 5.00. The van der Waals surface area contributed by atoms with Gasteiger partial charge < -0.3 is 10.6 Å². The van der Waals surface area contributed by atoms with E-state index in [0.29, 0.717) is 0 Å². The Morgan fingerprint density at radius 1 is 1.36 bits per heavy atom. The number of likely N-dealkylation sites (N-methyl/N-ethyl adjacent to an activating group) is 1. The van der Waals surface area contributed by atoms with Crippen LogP contribution in [0.2, 0.25) is 0 Å². The van der Waals surface area contributed by atoms with Crippen LogP contribution in [0.4, 0.5) is 0 Å². The molecule has 1 unspecified atom stereocenters. The monoisotopic (exact) mass is 196 g/mol. The van der Waals surface area contributed by atoms with Crippen molar-refractivity contribution in [1.82, 2.24) is 4.90 Å². The zero-order valence-corrected chi connectivity index (χ0v) is 10.4. The number of nitrogens with two attached hydrogens (primary N) is 1. The van der Waals surface area contributed by atoms with Gasteiger partial charge in [-0.05, 0) is 24.8 Å². The Balaban J connectivity index is 4.91. The predicted molar refractivity (Wildman–Crippen MR) is 63.8 cm³/mol. The molecule has 0 aliphatic carbocycles. The van der Waals surface area contributed by atoms with Gasteiger partial charge in [0.05, 0.1) is 11.9 Å². The lowest BCUT2D eigenvalue weighted by molar-refractivity contribution is 0.198. The average Bonchev–Trinajstić information content (AvgIpc) is 2.01. The number of hydrogen-bond donors (Lipinski definition) is 1. The van der Waals surface area contributed by atoms with E-state index in [2.05, 4.69) is 32.3 Å². The summed E-state index contributed by atoms with van der Waals surface area (Å²) >= 11 is 0. The lowest BCUT2D eigenvalue weighted by Crippen LogP contribution is -2.42. The summed E-state index contributed by atoms with van der Waals surface area (Å²) in [6.45, 7) is 14.5. The highest BCUT2D eigenvalue weighted by atomic mass is 15.2. The number of allylic oxidation sites excluding steroid dienone is 1. The third-order valence-corrected chi connectivity index (χ3v) is 2.42. The van der Waals surface area contributed by atoms with Crippen molar-refractivity contribution in [2.45, 2.75) is 40.7 Å². The van der Waals surface area contributed by atoms with Gasteiger partial charge >= 0.3 is 0 Å². The summed E-state index contributed by atoms with van der Waals surface area (Å²) in [5.41, 5.74) is 7.28. The average molecular weight is 196 g/mol. The van der Waals surface area contributed by atoms with Gasteiger partial charge in [0.15, 0.2) is 0 Å². The zero-order chi connectivity index (χ0) is 11.5. The van der Waals surface area contributed by atoms with E-state index in [0.717, 1.165) is 11.4 Å². The summed E-state index contributed by atoms with van der Waals surface area (Å²) in [5.74, 6) is 0.838. The van der Waals surface area contributed by atoms with Gasteiger partial charge in [0.25, 0.3) is 0 Å². The second kappa shape index (κ2) is 4.54. The highest BCUT2D eigenvalue weighted by Gasteiger charge is 2.26. The second-order valence-corrected chi connectivity index (χ2v) is 5.04. The Kier molecular flexibility index (Phi) is 4.24. The van der Waals surface area contributed by atoms with Crippen molar-refractivity contribution in [1.29, 1.82) is 0 Å². The lowest BCUT2D eigenvalue weighted by atomic mass is 9.86. The molecule has 1 atom stereocenters.